The number of rotatable bonds is 6. The Morgan fingerprint density at radius 3 is 2.42 bits per heavy atom. The second-order valence-corrected chi connectivity index (χ2v) is 8.03. The van der Waals surface area contributed by atoms with Crippen molar-refractivity contribution in [3.8, 4) is 11.5 Å². The van der Waals surface area contributed by atoms with Crippen LogP contribution in [0.15, 0.2) is 42.5 Å². The molecule has 2 aliphatic heterocycles. The lowest BCUT2D eigenvalue weighted by Crippen LogP contribution is -2.29. The molecule has 2 heterocycles. The number of carbonyl (C=O) groups is 2. The van der Waals surface area contributed by atoms with E-state index in [1.807, 2.05) is 12.1 Å². The van der Waals surface area contributed by atoms with E-state index in [4.69, 9.17) is 9.47 Å². The van der Waals surface area contributed by atoms with Gasteiger partial charge in [-0.1, -0.05) is 0 Å². The highest BCUT2D eigenvalue weighted by Gasteiger charge is 2.36. The zero-order chi connectivity index (χ0) is 21.8. The molecule has 2 aliphatic rings. The molecule has 7 heteroatoms. The Bertz CT molecular complexity index is 938. The summed E-state index contributed by atoms with van der Waals surface area (Å²) in [5, 5.41) is 2.97. The third kappa shape index (κ3) is 4.60. The Labute approximate surface area is 182 Å². The molecule has 31 heavy (non-hydrogen) atoms. The maximum absolute atomic E-state index is 12.8. The summed E-state index contributed by atoms with van der Waals surface area (Å²) in [6, 6.07) is 13.3. The van der Waals surface area contributed by atoms with Crippen LogP contribution in [-0.2, 0) is 9.59 Å². The van der Waals surface area contributed by atoms with Crippen molar-refractivity contribution in [2.45, 2.75) is 25.7 Å². The monoisotopic (exact) mass is 423 g/mol. The molecule has 2 amide bonds. The van der Waals surface area contributed by atoms with Gasteiger partial charge in [-0.05, 0) is 55.7 Å². The largest absolute Gasteiger partial charge is 0.497 e. The first-order valence-electron chi connectivity index (χ1n) is 10.8. The van der Waals surface area contributed by atoms with Crippen LogP contribution in [0.5, 0.6) is 11.5 Å². The quantitative estimate of drug-likeness (QED) is 0.767. The van der Waals surface area contributed by atoms with Gasteiger partial charge >= 0.3 is 0 Å². The molecule has 1 unspecified atom stereocenters. The van der Waals surface area contributed by atoms with Crippen molar-refractivity contribution in [2.75, 3.05) is 49.0 Å². The number of nitrogens with zero attached hydrogens (tertiary/aromatic N) is 2. The maximum Gasteiger partial charge on any atom is 0.229 e. The number of anilines is 3. The van der Waals surface area contributed by atoms with Gasteiger partial charge in [-0.15, -0.1) is 0 Å². The normalized spacial score (nSPS) is 18.8. The van der Waals surface area contributed by atoms with Crippen LogP contribution in [-0.4, -0.2) is 45.7 Å². The lowest BCUT2D eigenvalue weighted by molar-refractivity contribution is -0.122. The molecule has 4 rings (SSSR count). The van der Waals surface area contributed by atoms with E-state index >= 15 is 0 Å². The van der Waals surface area contributed by atoms with Crippen molar-refractivity contribution in [1.29, 1.82) is 0 Å². The fourth-order valence-corrected chi connectivity index (χ4v) is 4.28. The lowest BCUT2D eigenvalue weighted by Gasteiger charge is -2.28. The molecule has 164 valence electrons. The molecule has 0 bridgehead atoms. The van der Waals surface area contributed by atoms with Crippen molar-refractivity contribution in [2.24, 2.45) is 5.92 Å². The molecule has 0 aliphatic carbocycles. The predicted molar refractivity (Wildman–Crippen MR) is 121 cm³/mol. The van der Waals surface area contributed by atoms with Crippen molar-refractivity contribution in [1.82, 2.24) is 0 Å². The van der Waals surface area contributed by atoms with Crippen molar-refractivity contribution >= 4 is 28.9 Å². The molecule has 2 aromatic carbocycles. The summed E-state index contributed by atoms with van der Waals surface area (Å²) in [4.78, 5) is 29.5. The minimum absolute atomic E-state index is 0.0935. The van der Waals surface area contributed by atoms with Crippen molar-refractivity contribution < 1.29 is 19.1 Å². The number of hydrogen-bond donors (Lipinski definition) is 1. The highest BCUT2D eigenvalue weighted by Crippen LogP contribution is 2.36. The Balaban J connectivity index is 1.40. The molecule has 7 nitrogen and oxygen atoms in total. The molecule has 2 fully saturated rings. The van der Waals surface area contributed by atoms with Gasteiger partial charge in [0.2, 0.25) is 11.8 Å². The zero-order valence-corrected chi connectivity index (χ0v) is 18.1. The Hall–Kier alpha value is -3.22. The number of nitrogens with one attached hydrogen (secondary N) is 1. The smallest absolute Gasteiger partial charge is 0.229 e. The number of methoxy groups -OCH3 is 2. The number of hydrogen-bond acceptors (Lipinski definition) is 5. The summed E-state index contributed by atoms with van der Waals surface area (Å²) < 4.78 is 10.6. The average molecular weight is 424 g/mol. The Morgan fingerprint density at radius 1 is 1.00 bits per heavy atom. The standard InChI is InChI=1S/C24H29N3O4/c1-30-20-10-11-21(22(15-20)31-2)27-16-17(14-23(27)28)24(29)25-18-6-8-19(9-7-18)26-12-4-3-5-13-26/h6-11,15,17H,3-5,12-14,16H2,1-2H3,(H,25,29). The Morgan fingerprint density at radius 2 is 1.74 bits per heavy atom. The third-order valence-electron chi connectivity index (χ3n) is 6.03. The van der Waals surface area contributed by atoms with Gasteiger partial charge in [-0.25, -0.2) is 0 Å². The van der Waals surface area contributed by atoms with Gasteiger partial charge in [-0.2, -0.15) is 0 Å². The third-order valence-corrected chi connectivity index (χ3v) is 6.03. The van der Waals surface area contributed by atoms with Crippen molar-refractivity contribution in [3.05, 3.63) is 42.5 Å². The molecule has 2 saturated heterocycles. The van der Waals surface area contributed by atoms with Crippen LogP contribution in [0.2, 0.25) is 0 Å². The maximum atomic E-state index is 12.8. The molecule has 0 radical (unpaired) electrons. The van der Waals surface area contributed by atoms with Gasteiger partial charge in [0.05, 0.1) is 25.8 Å². The van der Waals surface area contributed by atoms with Crippen molar-refractivity contribution in [3.63, 3.8) is 0 Å². The Kier molecular flexibility index (Phi) is 6.30. The first-order chi connectivity index (χ1) is 15.1. The van der Waals surface area contributed by atoms with Crippen LogP contribution in [0.4, 0.5) is 17.1 Å². The summed E-state index contributed by atoms with van der Waals surface area (Å²) in [7, 11) is 3.13. The number of amides is 2. The number of piperidine rings is 1. The lowest BCUT2D eigenvalue weighted by atomic mass is 10.1. The van der Waals surface area contributed by atoms with E-state index in [9.17, 15) is 9.59 Å². The molecular weight excluding hydrogens is 394 g/mol. The number of ether oxygens (including phenoxy) is 2. The van der Waals surface area contributed by atoms with Gasteiger partial charge in [0, 0.05) is 43.5 Å². The van der Waals surface area contributed by atoms with Crippen LogP contribution in [0, 0.1) is 5.92 Å². The van der Waals surface area contributed by atoms with Gasteiger partial charge < -0.3 is 24.6 Å². The van der Waals surface area contributed by atoms with Gasteiger partial charge in [0.25, 0.3) is 0 Å². The summed E-state index contributed by atoms with van der Waals surface area (Å²) in [6.07, 6.45) is 3.92. The van der Waals surface area contributed by atoms with E-state index in [1.54, 1.807) is 37.3 Å². The van der Waals surface area contributed by atoms with E-state index in [1.165, 1.54) is 24.9 Å². The predicted octanol–water partition coefficient (Wildman–Crippen LogP) is 3.69. The van der Waals surface area contributed by atoms with E-state index < -0.39 is 5.92 Å². The molecule has 0 aromatic heterocycles. The fourth-order valence-electron chi connectivity index (χ4n) is 4.28. The summed E-state index contributed by atoms with van der Waals surface area (Å²) >= 11 is 0. The molecule has 0 spiro atoms. The van der Waals surface area contributed by atoms with Crippen LogP contribution in [0.3, 0.4) is 0 Å². The summed E-state index contributed by atoms with van der Waals surface area (Å²) in [6.45, 7) is 2.49. The van der Waals surface area contributed by atoms with Gasteiger partial charge in [-0.3, -0.25) is 9.59 Å². The summed E-state index contributed by atoms with van der Waals surface area (Å²) in [5.41, 5.74) is 2.58. The van der Waals surface area contributed by atoms with E-state index in [0.29, 0.717) is 23.7 Å². The average Bonchev–Trinajstić information content (AvgIpc) is 3.21. The van der Waals surface area contributed by atoms with Gasteiger partial charge in [0.1, 0.15) is 11.5 Å². The SMILES string of the molecule is COc1ccc(N2CC(C(=O)Nc3ccc(N4CCCCC4)cc3)CC2=O)c(OC)c1. The van der Waals surface area contributed by atoms with Crippen LogP contribution >= 0.6 is 0 Å². The van der Waals surface area contributed by atoms with E-state index in [2.05, 4.69) is 22.3 Å². The molecule has 2 aromatic rings. The number of benzene rings is 2. The second kappa shape index (κ2) is 9.29. The molecule has 0 saturated carbocycles. The first kappa shape index (κ1) is 21.0. The molecule has 1 atom stereocenters. The first-order valence-corrected chi connectivity index (χ1v) is 10.8. The minimum Gasteiger partial charge on any atom is -0.497 e. The van der Waals surface area contributed by atoms with Gasteiger partial charge in [0.15, 0.2) is 0 Å². The number of carbonyl (C=O) groups excluding carboxylic acids is 2. The molecule has 1 N–H and O–H groups in total. The van der Waals surface area contributed by atoms with E-state index in [-0.39, 0.29) is 18.2 Å². The zero-order valence-electron chi connectivity index (χ0n) is 18.1. The highest BCUT2D eigenvalue weighted by molar-refractivity contribution is 6.04. The van der Waals surface area contributed by atoms with E-state index in [0.717, 1.165) is 18.8 Å². The topological polar surface area (TPSA) is 71.1 Å². The van der Waals surface area contributed by atoms with Crippen LogP contribution in [0.25, 0.3) is 0 Å². The molecular formula is C24H29N3O4. The van der Waals surface area contributed by atoms with Crippen LogP contribution in [0.1, 0.15) is 25.7 Å². The highest BCUT2D eigenvalue weighted by atomic mass is 16.5. The summed E-state index contributed by atoms with van der Waals surface area (Å²) in [5.74, 6) is 0.538. The fraction of sp³-hybridized carbons (Fsp3) is 0.417. The van der Waals surface area contributed by atoms with Crippen LogP contribution < -0.4 is 24.6 Å². The minimum atomic E-state index is -0.416. The second-order valence-electron chi connectivity index (χ2n) is 8.03.